The molecule has 0 radical (unpaired) electrons. The minimum atomic E-state index is -0.134. The molecule has 0 unspecified atom stereocenters. The van der Waals surface area contributed by atoms with Gasteiger partial charge in [-0.1, -0.05) is 0 Å². The zero-order chi connectivity index (χ0) is 10.5. The fraction of sp³-hybridized carbons (Fsp3) is 1.00. The summed E-state index contributed by atoms with van der Waals surface area (Å²) in [6.07, 6.45) is -0.0416. The Labute approximate surface area is 81.0 Å². The van der Waals surface area contributed by atoms with Crippen LogP contribution in [0.3, 0.4) is 0 Å². The molecule has 3 nitrogen and oxygen atoms in total. The summed E-state index contributed by atoms with van der Waals surface area (Å²) < 4.78 is 10.9. The van der Waals surface area contributed by atoms with Crippen LogP contribution in [0.1, 0.15) is 34.6 Å². The zero-order valence-electron chi connectivity index (χ0n) is 9.33. The molecule has 0 aromatic carbocycles. The molecule has 0 spiro atoms. The van der Waals surface area contributed by atoms with E-state index in [0.29, 0.717) is 6.61 Å². The van der Waals surface area contributed by atoms with Crippen LogP contribution >= 0.6 is 0 Å². The molecular formula is C10H22O3. The summed E-state index contributed by atoms with van der Waals surface area (Å²) in [5.41, 5.74) is -0.134. The van der Waals surface area contributed by atoms with E-state index in [9.17, 15) is 0 Å². The van der Waals surface area contributed by atoms with Crippen molar-refractivity contribution in [1.82, 2.24) is 0 Å². The molecule has 0 saturated heterocycles. The summed E-state index contributed by atoms with van der Waals surface area (Å²) in [6, 6.07) is 0. The highest BCUT2D eigenvalue weighted by Gasteiger charge is 2.15. The van der Waals surface area contributed by atoms with Crippen LogP contribution in [0.5, 0.6) is 0 Å². The molecule has 0 aliphatic heterocycles. The Balaban J connectivity index is 3.57. The van der Waals surface area contributed by atoms with Gasteiger partial charge < -0.3 is 14.6 Å². The SMILES string of the molecule is C[C@H](CO[C@@H](C)CO)OC(C)(C)C. The summed E-state index contributed by atoms with van der Waals surface area (Å²) in [7, 11) is 0. The Bertz CT molecular complexity index is 129. The van der Waals surface area contributed by atoms with Gasteiger partial charge >= 0.3 is 0 Å². The normalized spacial score (nSPS) is 17.1. The van der Waals surface area contributed by atoms with Crippen molar-refractivity contribution in [3.63, 3.8) is 0 Å². The highest BCUT2D eigenvalue weighted by atomic mass is 16.6. The molecule has 3 heteroatoms. The molecule has 0 fully saturated rings. The quantitative estimate of drug-likeness (QED) is 0.715. The van der Waals surface area contributed by atoms with Gasteiger partial charge in [0.25, 0.3) is 0 Å². The molecule has 1 N–H and O–H groups in total. The van der Waals surface area contributed by atoms with Crippen LogP contribution in [-0.2, 0) is 9.47 Å². The fourth-order valence-corrected chi connectivity index (χ4v) is 0.990. The van der Waals surface area contributed by atoms with Gasteiger partial charge in [-0.15, -0.1) is 0 Å². The van der Waals surface area contributed by atoms with Gasteiger partial charge in [-0.05, 0) is 34.6 Å². The number of aliphatic hydroxyl groups is 1. The molecule has 2 atom stereocenters. The van der Waals surface area contributed by atoms with E-state index in [0.717, 1.165) is 0 Å². The molecule has 0 bridgehead atoms. The van der Waals surface area contributed by atoms with E-state index in [-0.39, 0.29) is 24.4 Å². The molecular weight excluding hydrogens is 168 g/mol. The predicted molar refractivity (Wildman–Crippen MR) is 52.8 cm³/mol. The highest BCUT2D eigenvalue weighted by molar-refractivity contribution is 4.62. The first kappa shape index (κ1) is 12.9. The Morgan fingerprint density at radius 3 is 2.08 bits per heavy atom. The maximum absolute atomic E-state index is 8.71. The summed E-state index contributed by atoms with van der Waals surface area (Å²) in [4.78, 5) is 0. The topological polar surface area (TPSA) is 38.7 Å². The van der Waals surface area contributed by atoms with Crippen molar-refractivity contribution in [2.24, 2.45) is 0 Å². The third kappa shape index (κ3) is 8.22. The van der Waals surface area contributed by atoms with Crippen LogP contribution in [0.2, 0.25) is 0 Å². The smallest absolute Gasteiger partial charge is 0.0787 e. The average Bonchev–Trinajstić information content (AvgIpc) is 1.97. The van der Waals surface area contributed by atoms with Crippen molar-refractivity contribution < 1.29 is 14.6 Å². The van der Waals surface area contributed by atoms with Crippen LogP contribution < -0.4 is 0 Å². The standard InChI is InChI=1S/C10H22O3/c1-8(6-11)12-7-9(2)13-10(3,4)5/h8-9,11H,6-7H2,1-5H3/t8-,9+/m0/s1. The van der Waals surface area contributed by atoms with Gasteiger partial charge in [-0.2, -0.15) is 0 Å². The largest absolute Gasteiger partial charge is 0.394 e. The van der Waals surface area contributed by atoms with Gasteiger partial charge in [-0.3, -0.25) is 0 Å². The zero-order valence-corrected chi connectivity index (χ0v) is 9.33. The number of ether oxygens (including phenoxy) is 2. The van der Waals surface area contributed by atoms with Crippen LogP contribution in [-0.4, -0.2) is 36.1 Å². The van der Waals surface area contributed by atoms with Crippen molar-refractivity contribution in [1.29, 1.82) is 0 Å². The Kier molecular flexibility index (Phi) is 5.53. The Morgan fingerprint density at radius 2 is 1.69 bits per heavy atom. The maximum atomic E-state index is 8.71. The lowest BCUT2D eigenvalue weighted by atomic mass is 10.2. The van der Waals surface area contributed by atoms with Crippen LogP contribution in [0.4, 0.5) is 0 Å². The highest BCUT2D eigenvalue weighted by Crippen LogP contribution is 2.10. The third-order valence-electron chi connectivity index (χ3n) is 1.43. The first-order valence-electron chi connectivity index (χ1n) is 4.75. The fourth-order valence-electron chi connectivity index (χ4n) is 0.990. The number of aliphatic hydroxyl groups excluding tert-OH is 1. The Hall–Kier alpha value is -0.120. The van der Waals surface area contributed by atoms with E-state index < -0.39 is 0 Å². The molecule has 80 valence electrons. The summed E-state index contributed by atoms with van der Waals surface area (Å²) in [5, 5.41) is 8.71. The molecule has 0 aliphatic rings. The van der Waals surface area contributed by atoms with Crippen molar-refractivity contribution in [2.45, 2.75) is 52.4 Å². The third-order valence-corrected chi connectivity index (χ3v) is 1.43. The lowest BCUT2D eigenvalue weighted by Crippen LogP contribution is -2.30. The van der Waals surface area contributed by atoms with Gasteiger partial charge in [0.15, 0.2) is 0 Å². The molecule has 0 rings (SSSR count). The monoisotopic (exact) mass is 190 g/mol. The molecule has 0 heterocycles. The summed E-state index contributed by atoms with van der Waals surface area (Å²) in [5.74, 6) is 0. The van der Waals surface area contributed by atoms with Crippen LogP contribution in [0, 0.1) is 0 Å². The van der Waals surface area contributed by atoms with Gasteiger partial charge in [0.05, 0.1) is 31.0 Å². The molecule has 0 aromatic rings. The molecule has 0 saturated carbocycles. The predicted octanol–water partition coefficient (Wildman–Crippen LogP) is 1.59. The van der Waals surface area contributed by atoms with Crippen LogP contribution in [0.25, 0.3) is 0 Å². The second-order valence-corrected chi connectivity index (χ2v) is 4.37. The van der Waals surface area contributed by atoms with E-state index >= 15 is 0 Å². The van der Waals surface area contributed by atoms with Gasteiger partial charge in [0, 0.05) is 0 Å². The first-order valence-corrected chi connectivity index (χ1v) is 4.75. The minimum Gasteiger partial charge on any atom is -0.394 e. The number of hydrogen-bond donors (Lipinski definition) is 1. The lowest BCUT2D eigenvalue weighted by molar-refractivity contribution is -0.0996. The molecule has 0 aromatic heterocycles. The Morgan fingerprint density at radius 1 is 1.15 bits per heavy atom. The first-order chi connectivity index (χ1) is 5.85. The van der Waals surface area contributed by atoms with Crippen molar-refractivity contribution in [3.05, 3.63) is 0 Å². The number of rotatable bonds is 5. The molecule has 13 heavy (non-hydrogen) atoms. The average molecular weight is 190 g/mol. The molecule has 0 amide bonds. The van der Waals surface area contributed by atoms with Gasteiger partial charge in [0.1, 0.15) is 0 Å². The minimum absolute atomic E-state index is 0.0578. The van der Waals surface area contributed by atoms with Crippen LogP contribution in [0.15, 0.2) is 0 Å². The van der Waals surface area contributed by atoms with Gasteiger partial charge in [0.2, 0.25) is 0 Å². The van der Waals surface area contributed by atoms with E-state index in [2.05, 4.69) is 0 Å². The van der Waals surface area contributed by atoms with Gasteiger partial charge in [-0.25, -0.2) is 0 Å². The van der Waals surface area contributed by atoms with Crippen molar-refractivity contribution >= 4 is 0 Å². The van der Waals surface area contributed by atoms with E-state index in [4.69, 9.17) is 14.6 Å². The second-order valence-electron chi connectivity index (χ2n) is 4.37. The second kappa shape index (κ2) is 5.58. The van der Waals surface area contributed by atoms with E-state index in [1.54, 1.807) is 0 Å². The number of hydrogen-bond acceptors (Lipinski definition) is 3. The summed E-state index contributed by atoms with van der Waals surface area (Å²) in [6.45, 7) is 10.4. The van der Waals surface area contributed by atoms with Crippen molar-refractivity contribution in [2.75, 3.05) is 13.2 Å². The van der Waals surface area contributed by atoms with Crippen molar-refractivity contribution in [3.8, 4) is 0 Å². The summed E-state index contributed by atoms with van der Waals surface area (Å²) >= 11 is 0. The molecule has 0 aliphatic carbocycles. The maximum Gasteiger partial charge on any atom is 0.0787 e. The lowest BCUT2D eigenvalue weighted by Gasteiger charge is -2.25. The van der Waals surface area contributed by atoms with E-state index in [1.165, 1.54) is 0 Å². The van der Waals surface area contributed by atoms with E-state index in [1.807, 2.05) is 34.6 Å².